The average Bonchev–Trinajstić information content (AvgIpc) is 3.21. The lowest BCUT2D eigenvalue weighted by atomic mass is 10.0. The molecule has 0 saturated heterocycles. The molecule has 178 valence electrons. The van der Waals surface area contributed by atoms with E-state index in [0.717, 1.165) is 49.3 Å². The summed E-state index contributed by atoms with van der Waals surface area (Å²) in [7, 11) is 0. The molecule has 1 aliphatic heterocycles. The number of para-hydroxylation sites is 1. The van der Waals surface area contributed by atoms with Crippen LogP contribution in [0.15, 0.2) is 35.6 Å². The van der Waals surface area contributed by atoms with Crippen LogP contribution >= 0.6 is 24.0 Å². The van der Waals surface area contributed by atoms with Crippen LogP contribution in [0.4, 0.5) is 0 Å². The van der Waals surface area contributed by atoms with Crippen molar-refractivity contribution in [2.75, 3.05) is 13.2 Å². The zero-order valence-corrected chi connectivity index (χ0v) is 22.2. The van der Waals surface area contributed by atoms with Crippen molar-refractivity contribution >= 4 is 29.9 Å². The molecule has 0 aliphatic carbocycles. The summed E-state index contributed by atoms with van der Waals surface area (Å²) in [6.07, 6.45) is 7.20. The highest BCUT2D eigenvalue weighted by molar-refractivity contribution is 14.0. The van der Waals surface area contributed by atoms with Gasteiger partial charge in [0.05, 0.1) is 19.2 Å². The van der Waals surface area contributed by atoms with Gasteiger partial charge in [0.25, 0.3) is 0 Å². The molecular formula is C24H39IN6O. The van der Waals surface area contributed by atoms with Crippen LogP contribution in [0.5, 0.6) is 5.75 Å². The van der Waals surface area contributed by atoms with Crippen LogP contribution in [0.2, 0.25) is 0 Å². The Bertz CT molecular complexity index is 837. The molecule has 0 saturated carbocycles. The zero-order valence-electron chi connectivity index (χ0n) is 19.9. The van der Waals surface area contributed by atoms with E-state index in [1.165, 1.54) is 18.4 Å². The third-order valence-electron chi connectivity index (χ3n) is 5.69. The van der Waals surface area contributed by atoms with E-state index in [0.29, 0.717) is 19.2 Å². The van der Waals surface area contributed by atoms with Gasteiger partial charge in [-0.25, -0.2) is 0 Å². The number of guanidine groups is 1. The average molecular weight is 555 g/mol. The highest BCUT2D eigenvalue weighted by Gasteiger charge is 2.22. The van der Waals surface area contributed by atoms with Crippen LogP contribution in [-0.2, 0) is 13.0 Å². The summed E-state index contributed by atoms with van der Waals surface area (Å²) in [5, 5.41) is 15.5. The Balaban J connectivity index is 0.00000363. The van der Waals surface area contributed by atoms with Gasteiger partial charge >= 0.3 is 0 Å². The molecule has 3 rings (SSSR count). The van der Waals surface area contributed by atoms with Gasteiger partial charge in [-0.15, -0.1) is 34.2 Å². The first-order chi connectivity index (χ1) is 15.1. The largest absolute Gasteiger partial charge is 0.493 e. The van der Waals surface area contributed by atoms with Gasteiger partial charge in [-0.1, -0.05) is 51.8 Å². The van der Waals surface area contributed by atoms with Crippen molar-refractivity contribution < 1.29 is 4.74 Å². The van der Waals surface area contributed by atoms with Crippen molar-refractivity contribution in [1.29, 1.82) is 0 Å². The van der Waals surface area contributed by atoms with E-state index < -0.39 is 0 Å². The van der Waals surface area contributed by atoms with Crippen molar-refractivity contribution in [2.24, 2.45) is 10.9 Å². The smallest absolute Gasteiger partial charge is 0.192 e. The number of hydrogen-bond acceptors (Lipinski definition) is 4. The van der Waals surface area contributed by atoms with Gasteiger partial charge in [-0.3, -0.25) is 4.99 Å². The maximum Gasteiger partial charge on any atom is 0.192 e. The number of ether oxygens (including phenoxy) is 1. The number of fused-ring (bicyclic) bond motifs is 1. The summed E-state index contributed by atoms with van der Waals surface area (Å²) in [6, 6.07) is 8.83. The SMILES string of the molecule is CCc1nncn1CCN=C(NC(C)CCCC(C)C)NC1CCOc2ccccc21.I. The molecule has 7 nitrogen and oxygen atoms in total. The van der Waals surface area contributed by atoms with E-state index in [1.807, 2.05) is 12.1 Å². The van der Waals surface area contributed by atoms with Crippen LogP contribution in [0.25, 0.3) is 0 Å². The van der Waals surface area contributed by atoms with E-state index in [2.05, 4.69) is 65.2 Å². The zero-order chi connectivity index (χ0) is 22.1. The molecule has 2 aromatic rings. The van der Waals surface area contributed by atoms with E-state index in [1.54, 1.807) is 6.33 Å². The Morgan fingerprint density at radius 1 is 1.25 bits per heavy atom. The lowest BCUT2D eigenvalue weighted by molar-refractivity contribution is 0.261. The minimum atomic E-state index is 0. The predicted octanol–water partition coefficient (Wildman–Crippen LogP) is 4.73. The molecule has 0 bridgehead atoms. The minimum absolute atomic E-state index is 0. The molecule has 0 fully saturated rings. The second kappa shape index (κ2) is 13.6. The molecule has 8 heteroatoms. The summed E-state index contributed by atoms with van der Waals surface area (Å²) in [4.78, 5) is 4.90. The first-order valence-electron chi connectivity index (χ1n) is 11.7. The topological polar surface area (TPSA) is 76.4 Å². The van der Waals surface area contributed by atoms with E-state index in [9.17, 15) is 0 Å². The number of halogens is 1. The van der Waals surface area contributed by atoms with Crippen LogP contribution in [0, 0.1) is 5.92 Å². The number of nitrogens with zero attached hydrogens (tertiary/aromatic N) is 4. The Kier molecular flexibility index (Phi) is 11.3. The molecule has 32 heavy (non-hydrogen) atoms. The molecule has 2 heterocycles. The number of hydrogen-bond donors (Lipinski definition) is 2. The fourth-order valence-electron chi connectivity index (χ4n) is 3.94. The second-order valence-corrected chi connectivity index (χ2v) is 8.77. The normalized spacial score (nSPS) is 16.7. The highest BCUT2D eigenvalue weighted by Crippen LogP contribution is 2.31. The summed E-state index contributed by atoms with van der Waals surface area (Å²) in [6.45, 7) is 11.1. The Labute approximate surface area is 209 Å². The number of nitrogens with one attached hydrogen (secondary N) is 2. The lowest BCUT2D eigenvalue weighted by Gasteiger charge is -2.29. The van der Waals surface area contributed by atoms with Gasteiger partial charge in [0.2, 0.25) is 0 Å². The summed E-state index contributed by atoms with van der Waals surface area (Å²) in [5.74, 6) is 3.57. The van der Waals surface area contributed by atoms with Crippen LogP contribution in [0.3, 0.4) is 0 Å². The third-order valence-corrected chi connectivity index (χ3v) is 5.69. The summed E-state index contributed by atoms with van der Waals surface area (Å²) in [5.41, 5.74) is 1.20. The molecule has 2 N–H and O–H groups in total. The number of rotatable bonds is 10. The monoisotopic (exact) mass is 554 g/mol. The standard InChI is InChI=1S/C24H38N6O.HI/c1-5-23-29-26-17-30(23)15-14-25-24(27-19(4)10-8-9-18(2)3)28-21-13-16-31-22-12-7-6-11-20(21)22;/h6-7,11-12,17-19,21H,5,8-10,13-16H2,1-4H3,(H2,25,27,28);1H. The van der Waals surface area contributed by atoms with E-state index >= 15 is 0 Å². The quantitative estimate of drug-likeness (QED) is 0.252. The molecule has 2 atom stereocenters. The number of aromatic nitrogens is 3. The summed E-state index contributed by atoms with van der Waals surface area (Å²) < 4.78 is 7.91. The molecule has 1 aromatic heterocycles. The molecule has 1 aliphatic rings. The number of aliphatic imine (C=N–C) groups is 1. The number of aryl methyl sites for hydroxylation is 1. The second-order valence-electron chi connectivity index (χ2n) is 8.77. The molecule has 0 spiro atoms. The van der Waals surface area contributed by atoms with Gasteiger partial charge in [-0.05, 0) is 25.3 Å². The van der Waals surface area contributed by atoms with Crippen LogP contribution in [-0.4, -0.2) is 39.9 Å². The molecule has 0 amide bonds. The lowest BCUT2D eigenvalue weighted by Crippen LogP contribution is -2.45. The third kappa shape index (κ3) is 7.94. The van der Waals surface area contributed by atoms with E-state index in [-0.39, 0.29) is 30.0 Å². The Morgan fingerprint density at radius 3 is 2.84 bits per heavy atom. The molecule has 2 unspecified atom stereocenters. The van der Waals surface area contributed by atoms with Gasteiger partial charge in [0, 0.05) is 31.0 Å². The summed E-state index contributed by atoms with van der Waals surface area (Å²) >= 11 is 0. The highest BCUT2D eigenvalue weighted by atomic mass is 127. The number of benzene rings is 1. The maximum atomic E-state index is 5.83. The first kappa shape index (κ1) is 26.4. The van der Waals surface area contributed by atoms with Crippen molar-refractivity contribution in [3.8, 4) is 5.75 Å². The van der Waals surface area contributed by atoms with Gasteiger partial charge in [0.1, 0.15) is 17.9 Å². The Hall–Kier alpha value is -1.84. The fraction of sp³-hybridized carbons (Fsp3) is 0.625. The van der Waals surface area contributed by atoms with E-state index in [4.69, 9.17) is 9.73 Å². The van der Waals surface area contributed by atoms with Crippen molar-refractivity contribution in [2.45, 2.75) is 78.4 Å². The van der Waals surface area contributed by atoms with Crippen LogP contribution in [0.1, 0.15) is 70.8 Å². The maximum absolute atomic E-state index is 5.83. The minimum Gasteiger partial charge on any atom is -0.493 e. The van der Waals surface area contributed by atoms with Crippen molar-refractivity contribution in [1.82, 2.24) is 25.4 Å². The van der Waals surface area contributed by atoms with Gasteiger partial charge in [-0.2, -0.15) is 0 Å². The fourth-order valence-corrected chi connectivity index (χ4v) is 3.94. The van der Waals surface area contributed by atoms with Crippen molar-refractivity contribution in [3.63, 3.8) is 0 Å². The van der Waals surface area contributed by atoms with Crippen LogP contribution < -0.4 is 15.4 Å². The molecule has 1 aromatic carbocycles. The van der Waals surface area contributed by atoms with Crippen molar-refractivity contribution in [3.05, 3.63) is 42.0 Å². The molecular weight excluding hydrogens is 515 g/mol. The first-order valence-corrected chi connectivity index (χ1v) is 11.7. The van der Waals surface area contributed by atoms with Gasteiger partial charge < -0.3 is 19.9 Å². The van der Waals surface area contributed by atoms with Gasteiger partial charge in [0.15, 0.2) is 5.96 Å². The Morgan fingerprint density at radius 2 is 2.06 bits per heavy atom. The molecule has 0 radical (unpaired) electrons. The predicted molar refractivity (Wildman–Crippen MR) is 141 cm³/mol.